The lowest BCUT2D eigenvalue weighted by atomic mass is 9.73. The van der Waals surface area contributed by atoms with Crippen LogP contribution in [0, 0.1) is 5.92 Å². The maximum Gasteiger partial charge on any atom is 0.416 e. The van der Waals surface area contributed by atoms with E-state index in [0.717, 1.165) is 24.3 Å². The molecule has 7 aromatic carbocycles. The summed E-state index contributed by atoms with van der Waals surface area (Å²) in [6, 6.07) is 7.98. The zero-order chi connectivity index (χ0) is 55.8. The van der Waals surface area contributed by atoms with E-state index in [2.05, 4.69) is 0 Å². The minimum Gasteiger partial charge on any atom is -0.166 e. The maximum atomic E-state index is 14.9. The number of halogens is 24. The van der Waals surface area contributed by atoms with Crippen molar-refractivity contribution in [2.24, 2.45) is 0 Å². The Hall–Kier alpha value is -7.27. The Morgan fingerprint density at radius 2 is 0.453 bits per heavy atom. The molecule has 0 amide bonds. The van der Waals surface area contributed by atoms with Crippen LogP contribution in [0.2, 0.25) is 0 Å². The van der Waals surface area contributed by atoms with Gasteiger partial charge in [0.2, 0.25) is 0 Å². The average Bonchev–Trinajstić information content (AvgIpc) is 3.29. The normalized spacial score (nSPS) is 13.3. The Balaban J connectivity index is 1.97. The summed E-state index contributed by atoms with van der Waals surface area (Å²) in [6.07, 6.45) is -47.3. The third-order valence-corrected chi connectivity index (χ3v) is 11.2. The van der Waals surface area contributed by atoms with Crippen molar-refractivity contribution in [3.05, 3.63) is 207 Å². The summed E-state index contributed by atoms with van der Waals surface area (Å²) in [5, 5.41) is 0. The highest BCUT2D eigenvalue weighted by Crippen LogP contribution is 2.55. The predicted octanol–water partition coefficient (Wildman–Crippen LogP) is 19.5. The van der Waals surface area contributed by atoms with Gasteiger partial charge < -0.3 is 0 Å². The summed E-state index contributed by atoms with van der Waals surface area (Å²) in [6.45, 7) is 0. The largest absolute Gasteiger partial charge is 0.416 e. The Morgan fingerprint density at radius 1 is 0.227 bits per heavy atom. The molecule has 0 spiro atoms. The van der Waals surface area contributed by atoms with Gasteiger partial charge in [0, 0.05) is 27.8 Å². The lowest BCUT2D eigenvalue weighted by molar-refractivity contribution is -0.144. The molecule has 0 nitrogen and oxygen atoms in total. The van der Waals surface area contributed by atoms with E-state index in [4.69, 9.17) is 0 Å². The molecular weight excluding hydrogens is 1070 g/mol. The summed E-state index contributed by atoms with van der Waals surface area (Å²) >= 11 is 0. The number of hydrogen-bond donors (Lipinski definition) is 0. The van der Waals surface area contributed by atoms with Gasteiger partial charge in [-0.1, -0.05) is 12.1 Å². The van der Waals surface area contributed by atoms with Crippen molar-refractivity contribution in [1.29, 1.82) is 0 Å². The Bertz CT molecular complexity index is 3060. The molecule has 0 unspecified atom stereocenters. The first-order valence-corrected chi connectivity index (χ1v) is 20.6. The van der Waals surface area contributed by atoms with Gasteiger partial charge in [0.1, 0.15) is 0 Å². The van der Waals surface area contributed by atoms with E-state index in [-0.39, 0.29) is 59.7 Å². The molecule has 24 heteroatoms. The Morgan fingerprint density at radius 3 is 0.707 bits per heavy atom. The van der Waals surface area contributed by atoms with E-state index < -0.39 is 174 Å². The molecule has 7 rings (SSSR count). The highest BCUT2D eigenvalue weighted by Gasteiger charge is 2.45. The standard InChI is InChI=1S/C51H23F24/c52-44(53,54)30-11-26(12-31(19-30)45(55,56)57)38-23-39(40(24-7-3-1-4-8-24)25-9-5-2-6-10-25)42(28-15-34(48(64,65)66)21-35(16-28)49(67,68)69)43(29-17-36(50(70,71)72)22-37(18-29)51(73,74)75)41(38)27-13-32(46(58,59)60)20-33(14-27)47(61,62)63/h1-23H/q+1. The first-order valence-electron chi connectivity index (χ1n) is 20.6. The molecule has 0 N–H and O–H groups in total. The Labute approximate surface area is 405 Å². The van der Waals surface area contributed by atoms with Gasteiger partial charge in [-0.3, -0.25) is 0 Å². The van der Waals surface area contributed by atoms with Crippen LogP contribution in [0.15, 0.2) is 140 Å². The van der Waals surface area contributed by atoms with Crippen LogP contribution in [-0.2, 0) is 49.4 Å². The van der Waals surface area contributed by atoms with Gasteiger partial charge in [-0.05, 0) is 144 Å². The van der Waals surface area contributed by atoms with Crippen molar-refractivity contribution in [1.82, 2.24) is 0 Å². The molecule has 0 aromatic heterocycles. The zero-order valence-electron chi connectivity index (χ0n) is 36.4. The van der Waals surface area contributed by atoms with Gasteiger partial charge in [0.05, 0.1) is 67.1 Å². The molecule has 0 heterocycles. The van der Waals surface area contributed by atoms with Crippen molar-refractivity contribution in [3.63, 3.8) is 0 Å². The number of rotatable bonds is 7. The molecule has 0 aliphatic heterocycles. The van der Waals surface area contributed by atoms with E-state index in [9.17, 15) is 105 Å². The van der Waals surface area contributed by atoms with Crippen LogP contribution in [0.5, 0.6) is 0 Å². The first kappa shape index (κ1) is 55.5. The van der Waals surface area contributed by atoms with Gasteiger partial charge in [0.25, 0.3) is 0 Å². The number of alkyl halides is 24. The molecule has 394 valence electrons. The molecule has 75 heavy (non-hydrogen) atoms. The molecule has 0 atom stereocenters. The van der Waals surface area contributed by atoms with Crippen LogP contribution in [-0.4, -0.2) is 0 Å². The second-order valence-electron chi connectivity index (χ2n) is 16.4. The minimum atomic E-state index is -5.97. The number of benzene rings is 7. The fourth-order valence-corrected chi connectivity index (χ4v) is 8.09. The molecule has 0 fully saturated rings. The van der Waals surface area contributed by atoms with Crippen molar-refractivity contribution < 1.29 is 105 Å². The van der Waals surface area contributed by atoms with Crippen LogP contribution < -0.4 is 0 Å². The predicted molar refractivity (Wildman–Crippen MR) is 222 cm³/mol. The van der Waals surface area contributed by atoms with E-state index in [1.165, 1.54) is 36.4 Å². The first-order chi connectivity index (χ1) is 34.2. The molecule has 0 bridgehead atoms. The molecule has 0 aliphatic rings. The third kappa shape index (κ3) is 12.0. The smallest absolute Gasteiger partial charge is 0.166 e. The lowest BCUT2D eigenvalue weighted by Crippen LogP contribution is -2.15. The second kappa shape index (κ2) is 18.8. The van der Waals surface area contributed by atoms with Crippen LogP contribution in [0.25, 0.3) is 44.5 Å². The lowest BCUT2D eigenvalue weighted by Gasteiger charge is -2.27. The SMILES string of the molecule is FC(F)(F)c1cc(-c2cc([C+](c3ccccc3)c3ccccc3)c(-c3cc(C(F)(F)F)cc(C(F)(F)F)c3)c(-c3cc(C(F)(F)F)cc(C(F)(F)F)c3)c2-c2cc(C(F)(F)F)cc(C(F)(F)F)c2)cc(C(F)(F)F)c1. The quantitative estimate of drug-likeness (QED) is 0.0848. The fourth-order valence-electron chi connectivity index (χ4n) is 8.09. The fraction of sp³-hybridized carbons (Fsp3) is 0.157. The number of hydrogen-bond acceptors (Lipinski definition) is 0. The molecule has 0 radical (unpaired) electrons. The van der Waals surface area contributed by atoms with Crippen molar-refractivity contribution in [3.8, 4) is 44.5 Å². The van der Waals surface area contributed by atoms with Gasteiger partial charge in [-0.25, -0.2) is 0 Å². The van der Waals surface area contributed by atoms with Crippen LogP contribution in [0.3, 0.4) is 0 Å². The monoisotopic (exact) mass is 1090 g/mol. The highest BCUT2D eigenvalue weighted by atomic mass is 19.4. The van der Waals surface area contributed by atoms with Gasteiger partial charge in [-0.15, -0.1) is 0 Å². The Kier molecular flexibility index (Phi) is 13.9. The summed E-state index contributed by atoms with van der Waals surface area (Å²) in [4.78, 5) is 0. The molecule has 0 saturated heterocycles. The van der Waals surface area contributed by atoms with Gasteiger partial charge in [-0.2, -0.15) is 105 Å². The van der Waals surface area contributed by atoms with Crippen LogP contribution >= 0.6 is 0 Å². The maximum absolute atomic E-state index is 14.9. The topological polar surface area (TPSA) is 0 Å². The van der Waals surface area contributed by atoms with Crippen LogP contribution in [0.4, 0.5) is 105 Å². The zero-order valence-corrected chi connectivity index (χ0v) is 36.4. The van der Waals surface area contributed by atoms with E-state index in [1.54, 1.807) is 0 Å². The van der Waals surface area contributed by atoms with E-state index in [0.29, 0.717) is 6.07 Å². The van der Waals surface area contributed by atoms with Crippen molar-refractivity contribution in [2.75, 3.05) is 0 Å². The second-order valence-corrected chi connectivity index (χ2v) is 16.4. The molecular formula is C51H23F24+. The van der Waals surface area contributed by atoms with Crippen molar-refractivity contribution in [2.45, 2.75) is 49.4 Å². The average molecular weight is 1090 g/mol. The summed E-state index contributed by atoms with van der Waals surface area (Å²) in [5.41, 5.74) is -33.5. The van der Waals surface area contributed by atoms with Crippen molar-refractivity contribution >= 4 is 0 Å². The van der Waals surface area contributed by atoms with E-state index >= 15 is 0 Å². The summed E-state index contributed by atoms with van der Waals surface area (Å²) in [5.74, 6) is -0.586. The molecule has 0 saturated carbocycles. The van der Waals surface area contributed by atoms with Gasteiger partial charge in [0.15, 0.2) is 0 Å². The third-order valence-electron chi connectivity index (χ3n) is 11.2. The molecule has 0 aliphatic carbocycles. The van der Waals surface area contributed by atoms with Crippen LogP contribution in [0.1, 0.15) is 61.2 Å². The van der Waals surface area contributed by atoms with Gasteiger partial charge >= 0.3 is 49.4 Å². The highest BCUT2D eigenvalue weighted by molar-refractivity contribution is 6.05. The van der Waals surface area contributed by atoms with E-state index in [1.807, 2.05) is 0 Å². The summed E-state index contributed by atoms with van der Waals surface area (Å²) < 4.78 is 355. The molecule has 7 aromatic rings. The summed E-state index contributed by atoms with van der Waals surface area (Å²) in [7, 11) is 0. The minimum absolute atomic E-state index is 0.174.